The second-order valence-electron chi connectivity index (χ2n) is 3.94. The molecule has 1 aliphatic rings. The molecule has 1 fully saturated rings. The lowest BCUT2D eigenvalue weighted by Crippen LogP contribution is -2.20. The van der Waals surface area contributed by atoms with Gasteiger partial charge in [-0.25, -0.2) is 4.39 Å². The second-order valence-corrected chi connectivity index (χ2v) is 4.74. The first kappa shape index (κ1) is 11.7. The molecule has 3 nitrogen and oxygen atoms in total. The van der Waals surface area contributed by atoms with Crippen molar-refractivity contribution >= 4 is 15.9 Å². The van der Waals surface area contributed by atoms with Crippen molar-refractivity contribution in [3.63, 3.8) is 0 Å². The van der Waals surface area contributed by atoms with Gasteiger partial charge in [0.15, 0.2) is 11.6 Å². The SMILES string of the molecule is COc1c(F)cc(C2(N)CC2)c(OC)c1Br. The summed E-state index contributed by atoms with van der Waals surface area (Å²) in [7, 11) is 2.95. The molecular weight excluding hydrogens is 277 g/mol. The van der Waals surface area contributed by atoms with Crippen LogP contribution in [0.15, 0.2) is 10.5 Å². The van der Waals surface area contributed by atoms with E-state index < -0.39 is 11.4 Å². The lowest BCUT2D eigenvalue weighted by molar-refractivity contribution is 0.364. The van der Waals surface area contributed by atoms with Gasteiger partial charge < -0.3 is 15.2 Å². The number of halogens is 2. The first-order chi connectivity index (χ1) is 7.53. The van der Waals surface area contributed by atoms with Crippen LogP contribution in [0.4, 0.5) is 4.39 Å². The van der Waals surface area contributed by atoms with E-state index in [-0.39, 0.29) is 5.75 Å². The van der Waals surface area contributed by atoms with Crippen molar-refractivity contribution in [3.05, 3.63) is 21.9 Å². The van der Waals surface area contributed by atoms with Gasteiger partial charge in [-0.2, -0.15) is 0 Å². The summed E-state index contributed by atoms with van der Waals surface area (Å²) in [6.45, 7) is 0. The number of methoxy groups -OCH3 is 2. The largest absolute Gasteiger partial charge is 0.495 e. The van der Waals surface area contributed by atoms with Crippen LogP contribution in [-0.4, -0.2) is 14.2 Å². The molecule has 16 heavy (non-hydrogen) atoms. The Kier molecular flexibility index (Phi) is 2.84. The zero-order valence-corrected chi connectivity index (χ0v) is 10.7. The van der Waals surface area contributed by atoms with Crippen LogP contribution >= 0.6 is 15.9 Å². The number of nitrogens with two attached hydrogens (primary N) is 1. The van der Waals surface area contributed by atoms with Crippen molar-refractivity contribution < 1.29 is 13.9 Å². The highest BCUT2D eigenvalue weighted by molar-refractivity contribution is 9.10. The molecule has 0 spiro atoms. The Morgan fingerprint density at radius 3 is 2.31 bits per heavy atom. The summed E-state index contributed by atoms with van der Waals surface area (Å²) in [6.07, 6.45) is 1.70. The van der Waals surface area contributed by atoms with E-state index in [1.54, 1.807) is 0 Å². The lowest BCUT2D eigenvalue weighted by Gasteiger charge is -2.18. The third-order valence-electron chi connectivity index (χ3n) is 2.86. The van der Waals surface area contributed by atoms with Gasteiger partial charge in [0.05, 0.1) is 14.2 Å². The molecule has 0 unspecified atom stereocenters. The van der Waals surface area contributed by atoms with Crippen LogP contribution < -0.4 is 15.2 Å². The Labute approximate surface area is 102 Å². The standard InChI is InChI=1S/C11H13BrFNO2/c1-15-9-6(11(14)3-4-11)5-7(13)10(16-2)8(9)12/h5H,3-4,14H2,1-2H3. The highest BCUT2D eigenvalue weighted by atomic mass is 79.9. The minimum Gasteiger partial charge on any atom is -0.495 e. The van der Waals surface area contributed by atoms with Crippen LogP contribution in [0.2, 0.25) is 0 Å². The fourth-order valence-electron chi connectivity index (χ4n) is 1.74. The molecule has 0 atom stereocenters. The maximum absolute atomic E-state index is 13.7. The van der Waals surface area contributed by atoms with Gasteiger partial charge >= 0.3 is 0 Å². The van der Waals surface area contributed by atoms with E-state index in [0.717, 1.165) is 12.8 Å². The van der Waals surface area contributed by atoms with E-state index in [2.05, 4.69) is 15.9 Å². The number of hydrogen-bond acceptors (Lipinski definition) is 3. The fraction of sp³-hybridized carbons (Fsp3) is 0.455. The normalized spacial score (nSPS) is 17.1. The van der Waals surface area contributed by atoms with Gasteiger partial charge in [0.25, 0.3) is 0 Å². The molecule has 2 N–H and O–H groups in total. The molecule has 0 heterocycles. The molecule has 1 aromatic carbocycles. The van der Waals surface area contributed by atoms with Crippen molar-refractivity contribution in [1.29, 1.82) is 0 Å². The maximum Gasteiger partial charge on any atom is 0.172 e. The number of rotatable bonds is 3. The molecule has 5 heteroatoms. The van der Waals surface area contributed by atoms with E-state index in [4.69, 9.17) is 15.2 Å². The molecule has 0 saturated heterocycles. The summed E-state index contributed by atoms with van der Waals surface area (Å²) in [4.78, 5) is 0. The predicted molar refractivity (Wildman–Crippen MR) is 62.3 cm³/mol. The molecule has 88 valence electrons. The molecule has 1 aromatic rings. The Balaban J connectivity index is 2.62. The van der Waals surface area contributed by atoms with Gasteiger partial charge in [0, 0.05) is 11.1 Å². The Hall–Kier alpha value is -0.810. The van der Waals surface area contributed by atoms with Gasteiger partial charge in [-0.3, -0.25) is 0 Å². The monoisotopic (exact) mass is 289 g/mol. The molecular formula is C11H13BrFNO2. The molecule has 1 saturated carbocycles. The first-order valence-corrected chi connectivity index (χ1v) is 5.72. The Bertz CT molecular complexity index is 432. The van der Waals surface area contributed by atoms with Crippen LogP contribution in [0, 0.1) is 5.82 Å². The zero-order valence-electron chi connectivity index (χ0n) is 9.14. The maximum atomic E-state index is 13.7. The van der Waals surface area contributed by atoms with Gasteiger partial charge in [-0.1, -0.05) is 0 Å². The van der Waals surface area contributed by atoms with E-state index >= 15 is 0 Å². The minimum atomic E-state index is -0.443. The summed E-state index contributed by atoms with van der Waals surface area (Å²) in [5.74, 6) is 0.269. The van der Waals surface area contributed by atoms with Crippen molar-refractivity contribution in [3.8, 4) is 11.5 Å². The van der Waals surface area contributed by atoms with Crippen LogP contribution in [0.5, 0.6) is 11.5 Å². The van der Waals surface area contributed by atoms with Crippen LogP contribution in [0.25, 0.3) is 0 Å². The van der Waals surface area contributed by atoms with Crippen molar-refractivity contribution in [1.82, 2.24) is 0 Å². The molecule has 0 aliphatic heterocycles. The van der Waals surface area contributed by atoms with E-state index in [0.29, 0.717) is 15.8 Å². The van der Waals surface area contributed by atoms with Crippen LogP contribution in [-0.2, 0) is 5.54 Å². The highest BCUT2D eigenvalue weighted by Crippen LogP contribution is 2.51. The molecule has 2 rings (SSSR count). The number of ether oxygens (including phenoxy) is 2. The third-order valence-corrected chi connectivity index (χ3v) is 3.58. The lowest BCUT2D eigenvalue weighted by atomic mass is 10.0. The third kappa shape index (κ3) is 1.68. The van der Waals surface area contributed by atoms with E-state index in [1.165, 1.54) is 20.3 Å². The van der Waals surface area contributed by atoms with Crippen molar-refractivity contribution in [2.75, 3.05) is 14.2 Å². The van der Waals surface area contributed by atoms with Gasteiger partial charge in [0.2, 0.25) is 0 Å². The summed E-state index contributed by atoms with van der Waals surface area (Å²) in [6, 6.07) is 1.40. The van der Waals surface area contributed by atoms with E-state index in [9.17, 15) is 4.39 Å². The van der Waals surface area contributed by atoms with Gasteiger partial charge in [-0.05, 0) is 34.8 Å². The van der Waals surface area contributed by atoms with E-state index in [1.807, 2.05) is 0 Å². The molecule has 0 aromatic heterocycles. The summed E-state index contributed by atoms with van der Waals surface area (Å²) in [5.41, 5.74) is 6.32. The average molecular weight is 290 g/mol. The Morgan fingerprint density at radius 1 is 1.31 bits per heavy atom. The Morgan fingerprint density at radius 2 is 1.88 bits per heavy atom. The average Bonchev–Trinajstić information content (AvgIpc) is 2.98. The number of hydrogen-bond donors (Lipinski definition) is 1. The fourth-order valence-corrected chi connectivity index (χ4v) is 2.47. The summed E-state index contributed by atoms with van der Waals surface area (Å²) in [5, 5.41) is 0. The smallest absolute Gasteiger partial charge is 0.172 e. The van der Waals surface area contributed by atoms with Gasteiger partial charge in [-0.15, -0.1) is 0 Å². The molecule has 0 bridgehead atoms. The quantitative estimate of drug-likeness (QED) is 0.930. The summed E-state index contributed by atoms with van der Waals surface area (Å²) >= 11 is 3.28. The van der Waals surface area contributed by atoms with Gasteiger partial charge in [0.1, 0.15) is 10.2 Å². The molecule has 0 amide bonds. The van der Waals surface area contributed by atoms with Crippen LogP contribution in [0.3, 0.4) is 0 Å². The first-order valence-electron chi connectivity index (χ1n) is 4.93. The van der Waals surface area contributed by atoms with Crippen molar-refractivity contribution in [2.24, 2.45) is 5.73 Å². The highest BCUT2D eigenvalue weighted by Gasteiger charge is 2.43. The minimum absolute atomic E-state index is 0.143. The summed E-state index contributed by atoms with van der Waals surface area (Å²) < 4.78 is 24.4. The topological polar surface area (TPSA) is 44.5 Å². The molecule has 1 aliphatic carbocycles. The second kappa shape index (κ2) is 3.89. The molecule has 0 radical (unpaired) electrons. The number of benzene rings is 1. The van der Waals surface area contributed by atoms with Crippen molar-refractivity contribution in [2.45, 2.75) is 18.4 Å². The predicted octanol–water partition coefficient (Wildman–Crippen LogP) is 2.55. The zero-order chi connectivity index (χ0) is 11.9. The van der Waals surface area contributed by atoms with Crippen LogP contribution in [0.1, 0.15) is 18.4 Å².